The molecule has 1 unspecified atom stereocenters. The zero-order chi connectivity index (χ0) is 10.3. The first-order valence-electron chi connectivity index (χ1n) is 5.09. The maximum atomic E-state index is 4.38. The largest absolute Gasteiger partial charge is 0.348 e. The minimum Gasteiger partial charge on any atom is -0.348 e. The third-order valence-electron chi connectivity index (χ3n) is 2.90. The summed E-state index contributed by atoms with van der Waals surface area (Å²) in [4.78, 5) is 7.56. The molecule has 5 nitrogen and oxygen atoms in total. The summed E-state index contributed by atoms with van der Waals surface area (Å²) in [5.41, 5.74) is 3.49. The Labute approximate surface area is 87.5 Å². The van der Waals surface area contributed by atoms with E-state index in [9.17, 15) is 0 Å². The number of H-pyrrole nitrogens is 1. The number of rotatable bonds is 1. The standard InChI is InChI=1S/C10H13N5/c1-15-8(3-5-14-15)10-9-7(2-4-11-10)12-6-13-9/h3,5-6,10-11H,2,4H2,1H3,(H,12,13). The van der Waals surface area contributed by atoms with Crippen LogP contribution in [0, 0.1) is 0 Å². The molecule has 15 heavy (non-hydrogen) atoms. The van der Waals surface area contributed by atoms with Gasteiger partial charge in [-0.3, -0.25) is 4.68 Å². The maximum Gasteiger partial charge on any atom is 0.0940 e. The van der Waals surface area contributed by atoms with Crippen LogP contribution in [0.1, 0.15) is 23.1 Å². The molecule has 2 aromatic rings. The molecule has 0 radical (unpaired) electrons. The molecule has 0 saturated carbocycles. The van der Waals surface area contributed by atoms with E-state index in [0.717, 1.165) is 24.4 Å². The molecule has 78 valence electrons. The molecule has 2 aromatic heterocycles. The number of fused-ring (bicyclic) bond motifs is 1. The fraction of sp³-hybridized carbons (Fsp3) is 0.400. The highest BCUT2D eigenvalue weighted by Crippen LogP contribution is 2.25. The molecule has 0 aromatic carbocycles. The van der Waals surface area contributed by atoms with Gasteiger partial charge in [0.25, 0.3) is 0 Å². The summed E-state index contributed by atoms with van der Waals surface area (Å²) in [5.74, 6) is 0. The smallest absolute Gasteiger partial charge is 0.0940 e. The van der Waals surface area contributed by atoms with Crippen molar-refractivity contribution >= 4 is 0 Å². The molecule has 1 atom stereocenters. The predicted octanol–water partition coefficient (Wildman–Crippen LogP) is 0.378. The van der Waals surface area contributed by atoms with Crippen molar-refractivity contribution in [2.45, 2.75) is 12.5 Å². The minimum absolute atomic E-state index is 0.174. The lowest BCUT2D eigenvalue weighted by molar-refractivity contribution is 0.518. The minimum atomic E-state index is 0.174. The summed E-state index contributed by atoms with van der Waals surface area (Å²) in [6.45, 7) is 0.977. The molecule has 0 bridgehead atoms. The summed E-state index contributed by atoms with van der Waals surface area (Å²) < 4.78 is 1.89. The third kappa shape index (κ3) is 1.27. The molecule has 1 aliphatic heterocycles. The van der Waals surface area contributed by atoms with Gasteiger partial charge in [-0.05, 0) is 6.07 Å². The van der Waals surface area contributed by atoms with Crippen molar-refractivity contribution in [3.8, 4) is 0 Å². The average Bonchev–Trinajstić information content (AvgIpc) is 2.85. The Morgan fingerprint density at radius 3 is 3.27 bits per heavy atom. The summed E-state index contributed by atoms with van der Waals surface area (Å²) in [7, 11) is 1.96. The first kappa shape index (κ1) is 8.67. The van der Waals surface area contributed by atoms with Crippen LogP contribution in [0.2, 0.25) is 0 Å². The Morgan fingerprint density at radius 1 is 1.53 bits per heavy atom. The molecule has 0 spiro atoms. The second-order valence-corrected chi connectivity index (χ2v) is 3.78. The fourth-order valence-corrected chi connectivity index (χ4v) is 2.13. The molecule has 3 rings (SSSR count). The first-order valence-corrected chi connectivity index (χ1v) is 5.09. The molecular formula is C10H13N5. The van der Waals surface area contributed by atoms with Crippen molar-refractivity contribution in [3.05, 3.63) is 35.7 Å². The zero-order valence-electron chi connectivity index (χ0n) is 8.57. The molecule has 0 aliphatic carbocycles. The number of hydrogen-bond acceptors (Lipinski definition) is 3. The van der Waals surface area contributed by atoms with Crippen LogP contribution in [0.5, 0.6) is 0 Å². The number of aromatic nitrogens is 4. The average molecular weight is 203 g/mol. The van der Waals surface area contributed by atoms with Crippen LogP contribution in [-0.2, 0) is 13.5 Å². The number of nitrogens with one attached hydrogen (secondary N) is 2. The van der Waals surface area contributed by atoms with Gasteiger partial charge in [-0.2, -0.15) is 5.10 Å². The van der Waals surface area contributed by atoms with Crippen LogP contribution in [-0.4, -0.2) is 26.3 Å². The lowest BCUT2D eigenvalue weighted by Crippen LogP contribution is -2.32. The van der Waals surface area contributed by atoms with Crippen LogP contribution in [0.15, 0.2) is 18.6 Å². The monoisotopic (exact) mass is 203 g/mol. The van der Waals surface area contributed by atoms with Crippen LogP contribution < -0.4 is 5.32 Å². The molecule has 0 fully saturated rings. The summed E-state index contributed by atoms with van der Waals surface area (Å²) in [6, 6.07) is 2.20. The van der Waals surface area contributed by atoms with Gasteiger partial charge in [-0.15, -0.1) is 0 Å². The quantitative estimate of drug-likeness (QED) is 0.704. The third-order valence-corrected chi connectivity index (χ3v) is 2.90. The molecular weight excluding hydrogens is 190 g/mol. The number of aromatic amines is 1. The van der Waals surface area contributed by atoms with Crippen molar-refractivity contribution in [1.82, 2.24) is 25.1 Å². The number of nitrogens with zero attached hydrogens (tertiary/aromatic N) is 3. The van der Waals surface area contributed by atoms with Crippen molar-refractivity contribution in [2.24, 2.45) is 7.05 Å². The van der Waals surface area contributed by atoms with Crippen LogP contribution in [0.3, 0.4) is 0 Å². The van der Waals surface area contributed by atoms with Gasteiger partial charge in [0, 0.05) is 31.9 Å². The van der Waals surface area contributed by atoms with E-state index in [1.807, 2.05) is 24.0 Å². The molecule has 1 aliphatic rings. The molecule has 5 heteroatoms. The SMILES string of the molecule is Cn1nccc1C1NCCc2[nH]cnc21. The second kappa shape index (κ2) is 3.20. The Balaban J connectivity index is 2.07. The van der Waals surface area contributed by atoms with Gasteiger partial charge in [0.05, 0.1) is 23.8 Å². The van der Waals surface area contributed by atoms with E-state index in [2.05, 4.69) is 20.4 Å². The Hall–Kier alpha value is -1.62. The summed E-state index contributed by atoms with van der Waals surface area (Å²) in [5, 5.41) is 7.65. The number of imidazole rings is 1. The number of hydrogen-bond donors (Lipinski definition) is 2. The Bertz CT molecular complexity index is 470. The maximum absolute atomic E-state index is 4.38. The number of aryl methyl sites for hydroxylation is 1. The van der Waals surface area contributed by atoms with Crippen molar-refractivity contribution in [2.75, 3.05) is 6.54 Å². The van der Waals surface area contributed by atoms with Crippen molar-refractivity contribution in [1.29, 1.82) is 0 Å². The zero-order valence-corrected chi connectivity index (χ0v) is 8.57. The van der Waals surface area contributed by atoms with E-state index in [4.69, 9.17) is 0 Å². The van der Waals surface area contributed by atoms with Gasteiger partial charge in [-0.25, -0.2) is 4.98 Å². The van der Waals surface area contributed by atoms with E-state index in [-0.39, 0.29) is 6.04 Å². The molecule has 2 N–H and O–H groups in total. The molecule has 0 amide bonds. The van der Waals surface area contributed by atoms with E-state index < -0.39 is 0 Å². The highest BCUT2D eigenvalue weighted by molar-refractivity contribution is 5.27. The van der Waals surface area contributed by atoms with Crippen molar-refractivity contribution in [3.63, 3.8) is 0 Å². The lowest BCUT2D eigenvalue weighted by atomic mass is 10.0. The predicted molar refractivity (Wildman–Crippen MR) is 55.3 cm³/mol. The highest BCUT2D eigenvalue weighted by Gasteiger charge is 2.25. The van der Waals surface area contributed by atoms with Crippen LogP contribution in [0.4, 0.5) is 0 Å². The normalized spacial score (nSPS) is 20.2. The Kier molecular flexibility index (Phi) is 1.85. The van der Waals surface area contributed by atoms with Gasteiger partial charge in [-0.1, -0.05) is 0 Å². The first-order chi connectivity index (χ1) is 7.36. The fourth-order valence-electron chi connectivity index (χ4n) is 2.13. The van der Waals surface area contributed by atoms with Gasteiger partial charge in [0.15, 0.2) is 0 Å². The van der Waals surface area contributed by atoms with E-state index in [1.54, 1.807) is 6.33 Å². The van der Waals surface area contributed by atoms with Gasteiger partial charge in [0.1, 0.15) is 0 Å². The van der Waals surface area contributed by atoms with Crippen molar-refractivity contribution < 1.29 is 0 Å². The molecule has 0 saturated heterocycles. The summed E-state index contributed by atoms with van der Waals surface area (Å²) in [6.07, 6.45) is 4.60. The second-order valence-electron chi connectivity index (χ2n) is 3.78. The van der Waals surface area contributed by atoms with Gasteiger partial charge < -0.3 is 10.3 Å². The van der Waals surface area contributed by atoms with E-state index >= 15 is 0 Å². The van der Waals surface area contributed by atoms with Crippen LogP contribution >= 0.6 is 0 Å². The highest BCUT2D eigenvalue weighted by atomic mass is 15.3. The van der Waals surface area contributed by atoms with E-state index in [0.29, 0.717) is 0 Å². The lowest BCUT2D eigenvalue weighted by Gasteiger charge is -2.22. The topological polar surface area (TPSA) is 58.5 Å². The summed E-state index contributed by atoms with van der Waals surface area (Å²) >= 11 is 0. The molecule has 3 heterocycles. The van der Waals surface area contributed by atoms with E-state index in [1.165, 1.54) is 5.69 Å². The Morgan fingerprint density at radius 2 is 2.47 bits per heavy atom. The van der Waals surface area contributed by atoms with Crippen LogP contribution in [0.25, 0.3) is 0 Å². The van der Waals surface area contributed by atoms with Gasteiger partial charge >= 0.3 is 0 Å². The van der Waals surface area contributed by atoms with Gasteiger partial charge in [0.2, 0.25) is 0 Å².